The lowest BCUT2D eigenvalue weighted by Crippen LogP contribution is -2.41. The standard InChI is InChI=1S/C13H17ClF2N2O3S.2C2H6/c14-9-1-2-10(17)12(19)13(9)22(20,21)8-3-5-18(6-4-8)7-11(15)16;2*1-2/h1-2,8,11,19H,3-7,17H2;2*1-2H3. The minimum atomic E-state index is -3.87. The first kappa shape index (κ1) is 24.9. The van der Waals surface area contributed by atoms with E-state index < -0.39 is 27.3 Å². The monoisotopic (exact) mass is 414 g/mol. The van der Waals surface area contributed by atoms with Crippen LogP contribution in [0.15, 0.2) is 17.0 Å². The number of alkyl halides is 2. The molecule has 1 saturated heterocycles. The van der Waals surface area contributed by atoms with Gasteiger partial charge in [0, 0.05) is 0 Å². The molecule has 0 unspecified atom stereocenters. The number of phenolic OH excluding ortho intramolecular Hbond substituents is 1. The molecule has 0 aliphatic carbocycles. The van der Waals surface area contributed by atoms with Crippen molar-refractivity contribution < 1.29 is 22.3 Å². The van der Waals surface area contributed by atoms with Crippen molar-refractivity contribution in [1.29, 1.82) is 0 Å². The summed E-state index contributed by atoms with van der Waals surface area (Å²) in [6.07, 6.45) is -2.03. The predicted molar refractivity (Wildman–Crippen MR) is 103 cm³/mol. The number of likely N-dealkylation sites (tertiary alicyclic amines) is 1. The van der Waals surface area contributed by atoms with Gasteiger partial charge in [0.15, 0.2) is 15.6 Å². The largest absolute Gasteiger partial charge is 0.504 e. The molecule has 5 nitrogen and oxygen atoms in total. The summed E-state index contributed by atoms with van der Waals surface area (Å²) in [5, 5.41) is 9.05. The maximum Gasteiger partial charge on any atom is 0.251 e. The molecule has 1 aliphatic rings. The van der Waals surface area contributed by atoms with Crippen LogP contribution in [0, 0.1) is 0 Å². The molecule has 0 aromatic heterocycles. The lowest BCUT2D eigenvalue weighted by Gasteiger charge is -2.31. The normalized spacial score (nSPS) is 15.7. The van der Waals surface area contributed by atoms with Crippen LogP contribution in [0.3, 0.4) is 0 Å². The van der Waals surface area contributed by atoms with E-state index in [-0.39, 0.29) is 48.1 Å². The minimum Gasteiger partial charge on any atom is -0.504 e. The molecule has 9 heteroatoms. The Labute approximate surface area is 160 Å². The fourth-order valence-corrected chi connectivity index (χ4v) is 4.96. The molecule has 2 rings (SSSR count). The van der Waals surface area contributed by atoms with Gasteiger partial charge in [-0.15, -0.1) is 0 Å². The third kappa shape index (κ3) is 6.25. The first-order chi connectivity index (χ1) is 12.2. The molecule has 3 N–H and O–H groups in total. The molecular formula is C17H29ClF2N2O3S. The summed E-state index contributed by atoms with van der Waals surface area (Å²) in [4.78, 5) is 1.15. The number of halogens is 3. The fraction of sp³-hybridized carbons (Fsp3) is 0.647. The fourth-order valence-electron chi connectivity index (χ4n) is 2.60. The zero-order valence-electron chi connectivity index (χ0n) is 15.7. The number of phenols is 1. The number of nitrogens with zero attached hydrogens (tertiary/aromatic N) is 1. The summed E-state index contributed by atoms with van der Waals surface area (Å²) in [5.74, 6) is -0.553. The summed E-state index contributed by atoms with van der Waals surface area (Å²) in [5.41, 5.74) is 5.46. The highest BCUT2D eigenvalue weighted by Crippen LogP contribution is 2.39. The van der Waals surface area contributed by atoms with Crippen molar-refractivity contribution >= 4 is 27.1 Å². The van der Waals surface area contributed by atoms with Gasteiger partial charge in [0.1, 0.15) is 4.90 Å². The van der Waals surface area contributed by atoms with Crippen molar-refractivity contribution in [3.8, 4) is 5.75 Å². The lowest BCUT2D eigenvalue weighted by molar-refractivity contribution is 0.0792. The number of sulfone groups is 1. The molecule has 1 heterocycles. The number of hydrogen-bond acceptors (Lipinski definition) is 5. The van der Waals surface area contributed by atoms with E-state index in [9.17, 15) is 22.3 Å². The predicted octanol–water partition coefficient (Wildman–Crippen LogP) is 4.18. The first-order valence-corrected chi connectivity index (χ1v) is 10.7. The van der Waals surface area contributed by atoms with Crippen molar-refractivity contribution in [3.63, 3.8) is 0 Å². The van der Waals surface area contributed by atoms with Crippen molar-refractivity contribution in [2.24, 2.45) is 0 Å². The van der Waals surface area contributed by atoms with E-state index in [0.29, 0.717) is 0 Å². The summed E-state index contributed by atoms with van der Waals surface area (Å²) in [6.45, 7) is 8.15. The Morgan fingerprint density at radius 1 is 1.23 bits per heavy atom. The third-order valence-electron chi connectivity index (χ3n) is 3.77. The zero-order chi connectivity index (χ0) is 20.5. The quantitative estimate of drug-likeness (QED) is 0.570. The Kier molecular flexibility index (Phi) is 11.1. The van der Waals surface area contributed by atoms with Crippen LogP contribution >= 0.6 is 11.6 Å². The van der Waals surface area contributed by atoms with Crippen molar-refractivity contribution in [2.75, 3.05) is 25.4 Å². The number of aromatic hydroxyl groups is 1. The summed E-state index contributed by atoms with van der Waals surface area (Å²) in [6, 6.07) is 2.64. The van der Waals surface area contributed by atoms with E-state index in [1.165, 1.54) is 17.0 Å². The van der Waals surface area contributed by atoms with E-state index in [1.807, 2.05) is 27.7 Å². The first-order valence-electron chi connectivity index (χ1n) is 8.74. The zero-order valence-corrected chi connectivity index (χ0v) is 17.2. The number of piperidine rings is 1. The molecule has 0 saturated carbocycles. The highest BCUT2D eigenvalue weighted by atomic mass is 35.5. The van der Waals surface area contributed by atoms with Gasteiger partial charge in [-0.3, -0.25) is 4.90 Å². The molecule has 152 valence electrons. The average molecular weight is 415 g/mol. The Hall–Kier alpha value is -1.12. The Bertz CT molecular complexity index is 650. The van der Waals surface area contributed by atoms with Crippen LogP contribution in [0.4, 0.5) is 14.5 Å². The van der Waals surface area contributed by atoms with Crippen LogP contribution in [0.5, 0.6) is 5.75 Å². The highest BCUT2D eigenvalue weighted by Gasteiger charge is 2.35. The van der Waals surface area contributed by atoms with Gasteiger partial charge in [0.05, 0.1) is 22.5 Å². The number of nitrogens with two attached hydrogens (primary N) is 1. The topological polar surface area (TPSA) is 83.6 Å². The van der Waals surface area contributed by atoms with E-state index in [1.54, 1.807) is 0 Å². The van der Waals surface area contributed by atoms with E-state index >= 15 is 0 Å². The molecule has 0 amide bonds. The van der Waals surface area contributed by atoms with Gasteiger partial charge >= 0.3 is 0 Å². The summed E-state index contributed by atoms with van der Waals surface area (Å²) in [7, 11) is -3.87. The van der Waals surface area contributed by atoms with Crippen LogP contribution in [0.25, 0.3) is 0 Å². The SMILES string of the molecule is CC.CC.Nc1ccc(Cl)c(S(=O)(=O)C2CCN(CC(F)F)CC2)c1O. The second-order valence-corrected chi connectivity index (χ2v) is 7.82. The number of benzene rings is 1. The number of rotatable bonds is 4. The Morgan fingerprint density at radius 2 is 1.73 bits per heavy atom. The van der Waals surface area contributed by atoms with Crippen LogP contribution < -0.4 is 5.73 Å². The minimum absolute atomic E-state index is 0.0712. The van der Waals surface area contributed by atoms with E-state index in [2.05, 4.69) is 0 Å². The Balaban J connectivity index is 0.00000146. The maximum absolute atomic E-state index is 12.6. The number of hydrogen-bond donors (Lipinski definition) is 2. The van der Waals surface area contributed by atoms with E-state index in [4.69, 9.17) is 17.3 Å². The molecule has 0 bridgehead atoms. The van der Waals surface area contributed by atoms with Gasteiger partial charge in [-0.1, -0.05) is 39.3 Å². The average Bonchev–Trinajstić information content (AvgIpc) is 2.62. The van der Waals surface area contributed by atoms with Gasteiger partial charge in [-0.2, -0.15) is 0 Å². The molecule has 0 radical (unpaired) electrons. The summed E-state index contributed by atoms with van der Waals surface area (Å²) < 4.78 is 50.0. The molecule has 1 aromatic rings. The molecule has 1 aromatic carbocycles. The van der Waals surface area contributed by atoms with Crippen LogP contribution in [0.1, 0.15) is 40.5 Å². The highest BCUT2D eigenvalue weighted by molar-refractivity contribution is 7.92. The van der Waals surface area contributed by atoms with Crippen LogP contribution in [-0.4, -0.2) is 49.7 Å². The number of nitrogen functional groups attached to an aromatic ring is 1. The van der Waals surface area contributed by atoms with E-state index in [0.717, 1.165) is 0 Å². The van der Waals surface area contributed by atoms with Gasteiger partial charge in [0.25, 0.3) is 6.43 Å². The second kappa shape index (κ2) is 11.6. The van der Waals surface area contributed by atoms with Crippen molar-refractivity contribution in [1.82, 2.24) is 4.90 Å². The second-order valence-electron chi connectivity index (χ2n) is 5.25. The van der Waals surface area contributed by atoms with Crippen molar-refractivity contribution in [2.45, 2.75) is 57.1 Å². The van der Waals surface area contributed by atoms with Gasteiger partial charge in [0.2, 0.25) is 0 Å². The number of anilines is 1. The molecule has 1 aliphatic heterocycles. The Morgan fingerprint density at radius 3 is 2.19 bits per heavy atom. The molecule has 0 atom stereocenters. The molecule has 1 fully saturated rings. The molecular weight excluding hydrogens is 386 g/mol. The van der Waals surface area contributed by atoms with Crippen LogP contribution in [0.2, 0.25) is 5.02 Å². The molecule has 26 heavy (non-hydrogen) atoms. The van der Waals surface area contributed by atoms with Gasteiger partial charge in [-0.05, 0) is 38.1 Å². The smallest absolute Gasteiger partial charge is 0.251 e. The van der Waals surface area contributed by atoms with Crippen LogP contribution in [-0.2, 0) is 9.84 Å². The lowest BCUT2D eigenvalue weighted by atomic mass is 10.1. The van der Waals surface area contributed by atoms with Gasteiger partial charge in [-0.25, -0.2) is 17.2 Å². The molecule has 0 spiro atoms. The maximum atomic E-state index is 12.6. The van der Waals surface area contributed by atoms with Gasteiger partial charge < -0.3 is 10.8 Å². The third-order valence-corrected chi connectivity index (χ3v) is 6.53. The summed E-state index contributed by atoms with van der Waals surface area (Å²) >= 11 is 5.90. The van der Waals surface area contributed by atoms with Crippen molar-refractivity contribution in [3.05, 3.63) is 17.2 Å².